The Morgan fingerprint density at radius 3 is 2.59 bits per heavy atom. The molecule has 1 aliphatic carbocycles. The molecule has 0 bridgehead atoms. The lowest BCUT2D eigenvalue weighted by Gasteiger charge is -2.52. The largest absolute Gasteiger partial charge is 0.465 e. The molecule has 10 heteroatoms. The number of piperidine rings is 1. The molecule has 1 amide bonds. The van der Waals surface area contributed by atoms with E-state index in [2.05, 4.69) is 15.4 Å². The number of nitrogens with one attached hydrogen (secondary N) is 1. The lowest BCUT2D eigenvalue weighted by atomic mass is 9.60. The molecule has 32 heavy (non-hydrogen) atoms. The molecule has 3 aromatic rings. The van der Waals surface area contributed by atoms with Gasteiger partial charge in [0.15, 0.2) is 5.65 Å². The molecule has 0 radical (unpaired) electrons. The van der Waals surface area contributed by atoms with Crippen LogP contribution in [0, 0.1) is 5.41 Å². The lowest BCUT2D eigenvalue weighted by molar-refractivity contribution is -0.137. The molecule has 168 valence electrons. The average Bonchev–Trinajstić information content (AvgIpc) is 3.16. The van der Waals surface area contributed by atoms with Crippen LogP contribution in [0.2, 0.25) is 0 Å². The predicted octanol–water partition coefficient (Wildman–Crippen LogP) is 4.75. The molecular formula is C22H22F3N5O2. The number of carboxylic acid groups (broad SMARTS) is 1. The Morgan fingerprint density at radius 2 is 1.91 bits per heavy atom. The third-order valence-electron chi connectivity index (χ3n) is 6.65. The summed E-state index contributed by atoms with van der Waals surface area (Å²) in [5.41, 5.74) is 0.902. The number of benzene rings is 1. The maximum Gasteiger partial charge on any atom is 0.416 e. The van der Waals surface area contributed by atoms with Crippen LogP contribution < -0.4 is 5.32 Å². The van der Waals surface area contributed by atoms with Gasteiger partial charge in [-0.1, -0.05) is 12.1 Å². The predicted molar refractivity (Wildman–Crippen MR) is 111 cm³/mol. The number of fused-ring (bicyclic) bond motifs is 1. The van der Waals surface area contributed by atoms with Crippen LogP contribution in [0.25, 0.3) is 16.9 Å². The van der Waals surface area contributed by atoms with Crippen LogP contribution in [0.15, 0.2) is 42.6 Å². The minimum Gasteiger partial charge on any atom is -0.465 e. The molecule has 3 heterocycles. The van der Waals surface area contributed by atoms with Crippen LogP contribution in [-0.2, 0) is 6.18 Å². The summed E-state index contributed by atoms with van der Waals surface area (Å²) in [7, 11) is 0. The molecule has 2 aliphatic rings. The second-order valence-corrected chi connectivity index (χ2v) is 8.73. The number of anilines is 1. The van der Waals surface area contributed by atoms with E-state index in [-0.39, 0.29) is 11.5 Å². The Bertz CT molecular complexity index is 1160. The molecule has 0 unspecified atom stereocenters. The minimum atomic E-state index is -4.42. The number of likely N-dealkylation sites (tertiary alicyclic amines) is 1. The van der Waals surface area contributed by atoms with Crippen LogP contribution in [0.5, 0.6) is 0 Å². The topological polar surface area (TPSA) is 82.8 Å². The fourth-order valence-corrected chi connectivity index (χ4v) is 4.88. The average molecular weight is 445 g/mol. The lowest BCUT2D eigenvalue weighted by Crippen LogP contribution is -2.52. The number of aromatic nitrogens is 3. The van der Waals surface area contributed by atoms with Gasteiger partial charge in [0.1, 0.15) is 5.82 Å². The van der Waals surface area contributed by atoms with Crippen molar-refractivity contribution in [2.75, 3.05) is 18.4 Å². The summed E-state index contributed by atoms with van der Waals surface area (Å²) < 4.78 is 40.9. The highest BCUT2D eigenvalue weighted by atomic mass is 19.4. The Hall–Kier alpha value is -3.30. The monoisotopic (exact) mass is 445 g/mol. The number of hydrogen-bond acceptors (Lipinski definition) is 4. The van der Waals surface area contributed by atoms with Crippen LogP contribution in [0.3, 0.4) is 0 Å². The van der Waals surface area contributed by atoms with Gasteiger partial charge in [0, 0.05) is 24.7 Å². The number of halogens is 3. The van der Waals surface area contributed by atoms with Crippen LogP contribution in [-0.4, -0.2) is 49.8 Å². The zero-order chi connectivity index (χ0) is 22.5. The molecule has 1 aliphatic heterocycles. The van der Waals surface area contributed by atoms with Gasteiger partial charge in [-0.05, 0) is 55.4 Å². The highest BCUT2D eigenvalue weighted by Gasteiger charge is 2.46. The Labute approximate surface area is 181 Å². The van der Waals surface area contributed by atoms with Crippen molar-refractivity contribution in [3.05, 3.63) is 48.2 Å². The summed E-state index contributed by atoms with van der Waals surface area (Å²) in [4.78, 5) is 16.8. The quantitative estimate of drug-likeness (QED) is 0.608. The molecule has 2 fully saturated rings. The molecular weight excluding hydrogens is 423 g/mol. The van der Waals surface area contributed by atoms with E-state index in [4.69, 9.17) is 5.11 Å². The SMILES string of the molecule is O=C(O)N1CCC2(CC1)CC(Nc1ccc3ncc(-c4cccc(C(F)(F)F)c4)n3n1)C2. The second kappa shape index (κ2) is 7.39. The molecule has 1 saturated carbocycles. The highest BCUT2D eigenvalue weighted by Crippen LogP contribution is 2.49. The van der Waals surface area contributed by atoms with Crippen molar-refractivity contribution in [1.29, 1.82) is 0 Å². The standard InChI is InChI=1S/C22H22F3N5O2/c23-22(24,25)15-3-1-2-14(10-15)17-13-26-19-5-4-18(28-30(17)19)27-16-11-21(12-16)6-8-29(9-7-21)20(31)32/h1-5,10,13,16H,6-9,11-12H2,(H,27,28)(H,31,32). The number of amides is 1. The summed E-state index contributed by atoms with van der Waals surface area (Å²) in [5, 5.41) is 17.1. The first kappa shape index (κ1) is 20.6. The van der Waals surface area contributed by atoms with Gasteiger partial charge in [-0.2, -0.15) is 13.2 Å². The van der Waals surface area contributed by atoms with Crippen molar-refractivity contribution in [2.45, 2.75) is 37.9 Å². The van der Waals surface area contributed by atoms with Gasteiger partial charge in [0.05, 0.1) is 17.5 Å². The minimum absolute atomic E-state index is 0.186. The van der Waals surface area contributed by atoms with Crippen molar-refractivity contribution in [1.82, 2.24) is 19.5 Å². The number of rotatable bonds is 3. The zero-order valence-electron chi connectivity index (χ0n) is 17.1. The van der Waals surface area contributed by atoms with Crippen molar-refractivity contribution >= 4 is 17.6 Å². The van der Waals surface area contributed by atoms with Gasteiger partial charge in [0.25, 0.3) is 0 Å². The molecule has 1 spiro atoms. The zero-order valence-corrected chi connectivity index (χ0v) is 17.1. The fraction of sp³-hybridized carbons (Fsp3) is 0.409. The third-order valence-corrected chi connectivity index (χ3v) is 6.65. The van der Waals surface area contributed by atoms with Crippen molar-refractivity contribution < 1.29 is 23.1 Å². The van der Waals surface area contributed by atoms with Gasteiger partial charge in [-0.15, -0.1) is 5.10 Å². The van der Waals surface area contributed by atoms with Crippen molar-refractivity contribution in [3.63, 3.8) is 0 Å². The Balaban J connectivity index is 1.31. The molecule has 7 nitrogen and oxygen atoms in total. The maximum atomic E-state index is 13.1. The van der Waals surface area contributed by atoms with Gasteiger partial charge in [-0.25, -0.2) is 14.3 Å². The number of alkyl halides is 3. The fourth-order valence-electron chi connectivity index (χ4n) is 4.88. The molecule has 1 saturated heterocycles. The van der Waals surface area contributed by atoms with E-state index in [0.717, 1.165) is 37.8 Å². The first-order valence-corrected chi connectivity index (χ1v) is 10.5. The van der Waals surface area contributed by atoms with Crippen molar-refractivity contribution in [3.8, 4) is 11.3 Å². The molecule has 2 N–H and O–H groups in total. The van der Waals surface area contributed by atoms with E-state index < -0.39 is 17.8 Å². The summed E-state index contributed by atoms with van der Waals surface area (Å²) in [6.45, 7) is 1.14. The van der Waals surface area contributed by atoms with Crippen LogP contribution >= 0.6 is 0 Å². The summed E-state index contributed by atoms with van der Waals surface area (Å²) in [5.74, 6) is 0.631. The summed E-state index contributed by atoms with van der Waals surface area (Å²) in [6, 6.07) is 8.97. The normalized spacial score (nSPS) is 18.7. The Kier molecular flexibility index (Phi) is 4.75. The summed E-state index contributed by atoms with van der Waals surface area (Å²) in [6.07, 6.45) is -0.123. The maximum absolute atomic E-state index is 13.1. The van der Waals surface area contributed by atoms with Crippen molar-refractivity contribution in [2.24, 2.45) is 5.41 Å². The summed E-state index contributed by atoms with van der Waals surface area (Å²) >= 11 is 0. The third kappa shape index (κ3) is 3.74. The van der Waals surface area contributed by atoms with Crippen LogP contribution in [0.4, 0.5) is 23.8 Å². The molecule has 0 atom stereocenters. The number of imidazole rings is 1. The molecule has 2 aromatic heterocycles. The number of carbonyl (C=O) groups is 1. The van der Waals surface area contributed by atoms with E-state index in [0.29, 0.717) is 35.8 Å². The van der Waals surface area contributed by atoms with Gasteiger partial charge in [0.2, 0.25) is 0 Å². The van der Waals surface area contributed by atoms with Gasteiger partial charge < -0.3 is 15.3 Å². The van der Waals surface area contributed by atoms with E-state index in [9.17, 15) is 18.0 Å². The van der Waals surface area contributed by atoms with Crippen LogP contribution in [0.1, 0.15) is 31.2 Å². The highest BCUT2D eigenvalue weighted by molar-refractivity contribution is 5.65. The van der Waals surface area contributed by atoms with E-state index in [1.807, 2.05) is 6.07 Å². The first-order valence-electron chi connectivity index (χ1n) is 10.5. The van der Waals surface area contributed by atoms with Gasteiger partial charge >= 0.3 is 12.3 Å². The smallest absolute Gasteiger partial charge is 0.416 e. The number of nitrogens with zero attached hydrogens (tertiary/aromatic N) is 4. The van der Waals surface area contributed by atoms with Gasteiger partial charge in [-0.3, -0.25) is 0 Å². The number of hydrogen-bond donors (Lipinski definition) is 2. The van der Waals surface area contributed by atoms with E-state index in [1.165, 1.54) is 17.2 Å². The molecule has 5 rings (SSSR count). The Morgan fingerprint density at radius 1 is 1.16 bits per heavy atom. The first-order chi connectivity index (χ1) is 15.2. The van der Waals surface area contributed by atoms with E-state index >= 15 is 0 Å². The molecule has 1 aromatic carbocycles. The second-order valence-electron chi connectivity index (χ2n) is 8.73. The van der Waals surface area contributed by atoms with E-state index in [1.54, 1.807) is 16.6 Å².